The third-order valence-corrected chi connectivity index (χ3v) is 2.71. The summed E-state index contributed by atoms with van der Waals surface area (Å²) in [5, 5.41) is 2.89. The van der Waals surface area contributed by atoms with Gasteiger partial charge >= 0.3 is 0 Å². The Bertz CT molecular complexity index is 399. The number of rotatable bonds is 4. The number of anilines is 1. The van der Waals surface area contributed by atoms with Crippen LogP contribution in [-0.4, -0.2) is 11.9 Å². The fourth-order valence-corrected chi connectivity index (χ4v) is 1.71. The maximum Gasteiger partial charge on any atom is 0.241 e. The molecule has 0 saturated carbocycles. The molecule has 3 nitrogen and oxygen atoms in total. The van der Waals surface area contributed by atoms with Crippen molar-refractivity contribution in [2.24, 2.45) is 11.7 Å². The van der Waals surface area contributed by atoms with Crippen molar-refractivity contribution >= 4 is 11.6 Å². The minimum Gasteiger partial charge on any atom is -0.324 e. The predicted molar refractivity (Wildman–Crippen MR) is 72.0 cm³/mol. The summed E-state index contributed by atoms with van der Waals surface area (Å²) in [5.74, 6) is 0.321. The number of nitrogens with one attached hydrogen (secondary N) is 1. The van der Waals surface area contributed by atoms with E-state index >= 15 is 0 Å². The standard InChI is InChI=1S/C14H22N2O/c1-9(2)7-12(15)14(17)16-13-8-10(3)5-6-11(13)4/h5-6,8-9,12H,7,15H2,1-4H3,(H,16,17). The van der Waals surface area contributed by atoms with Gasteiger partial charge in [-0.2, -0.15) is 0 Å². The summed E-state index contributed by atoms with van der Waals surface area (Å²) in [6, 6.07) is 5.56. The molecule has 3 heteroatoms. The largest absolute Gasteiger partial charge is 0.324 e. The Labute approximate surface area is 103 Å². The zero-order valence-corrected chi connectivity index (χ0v) is 11.1. The van der Waals surface area contributed by atoms with Gasteiger partial charge in [-0.1, -0.05) is 26.0 Å². The topological polar surface area (TPSA) is 55.1 Å². The molecule has 0 radical (unpaired) electrons. The number of hydrogen-bond donors (Lipinski definition) is 2. The van der Waals surface area contributed by atoms with Crippen LogP contribution in [0.15, 0.2) is 18.2 Å². The lowest BCUT2D eigenvalue weighted by Crippen LogP contribution is -2.36. The SMILES string of the molecule is Cc1ccc(C)c(NC(=O)C(N)CC(C)C)c1. The number of nitrogens with two attached hydrogens (primary N) is 1. The normalized spacial score (nSPS) is 12.6. The van der Waals surface area contributed by atoms with Gasteiger partial charge in [0.05, 0.1) is 6.04 Å². The number of carbonyl (C=O) groups excluding carboxylic acids is 1. The second kappa shape index (κ2) is 5.82. The zero-order valence-electron chi connectivity index (χ0n) is 11.1. The third kappa shape index (κ3) is 4.19. The molecular formula is C14H22N2O. The van der Waals surface area contributed by atoms with Gasteiger partial charge < -0.3 is 11.1 Å². The van der Waals surface area contributed by atoms with E-state index in [1.54, 1.807) is 0 Å². The molecule has 1 atom stereocenters. The molecule has 0 fully saturated rings. The number of hydrogen-bond acceptors (Lipinski definition) is 2. The van der Waals surface area contributed by atoms with Crippen LogP contribution < -0.4 is 11.1 Å². The lowest BCUT2D eigenvalue weighted by Gasteiger charge is -2.15. The van der Waals surface area contributed by atoms with Crippen LogP contribution in [0.4, 0.5) is 5.69 Å². The van der Waals surface area contributed by atoms with E-state index in [9.17, 15) is 4.79 Å². The van der Waals surface area contributed by atoms with Gasteiger partial charge in [0.15, 0.2) is 0 Å². The first-order chi connectivity index (χ1) is 7.90. The molecule has 0 aliphatic heterocycles. The Morgan fingerprint density at radius 3 is 2.59 bits per heavy atom. The molecule has 0 aliphatic rings. The zero-order chi connectivity index (χ0) is 13.0. The van der Waals surface area contributed by atoms with Crippen LogP contribution in [0.1, 0.15) is 31.4 Å². The van der Waals surface area contributed by atoms with Crippen LogP contribution in [-0.2, 0) is 4.79 Å². The van der Waals surface area contributed by atoms with Crippen molar-refractivity contribution in [2.75, 3.05) is 5.32 Å². The molecule has 3 N–H and O–H groups in total. The molecular weight excluding hydrogens is 212 g/mol. The van der Waals surface area contributed by atoms with E-state index in [-0.39, 0.29) is 5.91 Å². The van der Waals surface area contributed by atoms with E-state index in [0.29, 0.717) is 12.3 Å². The Morgan fingerprint density at radius 2 is 2.00 bits per heavy atom. The minimum atomic E-state index is -0.435. The second-order valence-corrected chi connectivity index (χ2v) is 5.04. The molecule has 0 bridgehead atoms. The van der Waals surface area contributed by atoms with Gasteiger partial charge in [0.25, 0.3) is 0 Å². The summed E-state index contributed by atoms with van der Waals surface area (Å²) in [7, 11) is 0. The van der Waals surface area contributed by atoms with Crippen LogP contribution in [0.2, 0.25) is 0 Å². The van der Waals surface area contributed by atoms with Crippen molar-refractivity contribution in [3.63, 3.8) is 0 Å². The molecule has 0 saturated heterocycles. The summed E-state index contributed by atoms with van der Waals surface area (Å²) >= 11 is 0. The fraction of sp³-hybridized carbons (Fsp3) is 0.500. The van der Waals surface area contributed by atoms with Crippen LogP contribution >= 0.6 is 0 Å². The smallest absolute Gasteiger partial charge is 0.241 e. The van der Waals surface area contributed by atoms with Crippen molar-refractivity contribution in [3.05, 3.63) is 29.3 Å². The van der Waals surface area contributed by atoms with Gasteiger partial charge in [-0.05, 0) is 43.4 Å². The molecule has 94 valence electrons. The molecule has 0 heterocycles. The van der Waals surface area contributed by atoms with E-state index in [1.165, 1.54) is 0 Å². The van der Waals surface area contributed by atoms with Gasteiger partial charge in [-0.3, -0.25) is 4.79 Å². The predicted octanol–water partition coefficient (Wildman–Crippen LogP) is 2.62. The van der Waals surface area contributed by atoms with Crippen molar-refractivity contribution < 1.29 is 4.79 Å². The van der Waals surface area contributed by atoms with Crippen molar-refractivity contribution in [2.45, 2.75) is 40.2 Å². The van der Waals surface area contributed by atoms with Crippen LogP contribution in [0, 0.1) is 19.8 Å². The highest BCUT2D eigenvalue weighted by atomic mass is 16.2. The summed E-state index contributed by atoms with van der Waals surface area (Å²) in [6.45, 7) is 8.10. The maximum absolute atomic E-state index is 11.9. The molecule has 0 aromatic heterocycles. The maximum atomic E-state index is 11.9. The Hall–Kier alpha value is -1.35. The van der Waals surface area contributed by atoms with Crippen molar-refractivity contribution in [1.29, 1.82) is 0 Å². The van der Waals surface area contributed by atoms with Gasteiger partial charge in [-0.25, -0.2) is 0 Å². The van der Waals surface area contributed by atoms with Crippen LogP contribution in [0.3, 0.4) is 0 Å². The summed E-state index contributed by atoms with van der Waals surface area (Å²) in [4.78, 5) is 11.9. The Morgan fingerprint density at radius 1 is 1.35 bits per heavy atom. The molecule has 1 aromatic rings. The lowest BCUT2D eigenvalue weighted by molar-refractivity contribution is -0.117. The van der Waals surface area contributed by atoms with E-state index in [4.69, 9.17) is 5.73 Å². The number of amides is 1. The highest BCUT2D eigenvalue weighted by Gasteiger charge is 2.15. The highest BCUT2D eigenvalue weighted by Crippen LogP contribution is 2.17. The molecule has 1 unspecified atom stereocenters. The first-order valence-corrected chi connectivity index (χ1v) is 6.04. The van der Waals surface area contributed by atoms with Gasteiger partial charge in [0.2, 0.25) is 5.91 Å². The summed E-state index contributed by atoms with van der Waals surface area (Å²) < 4.78 is 0. The average Bonchev–Trinajstić information content (AvgIpc) is 2.22. The van der Waals surface area contributed by atoms with Gasteiger partial charge in [0, 0.05) is 5.69 Å². The summed E-state index contributed by atoms with van der Waals surface area (Å²) in [6.07, 6.45) is 0.705. The van der Waals surface area contributed by atoms with Crippen LogP contribution in [0.25, 0.3) is 0 Å². The number of benzene rings is 1. The minimum absolute atomic E-state index is 0.104. The molecule has 17 heavy (non-hydrogen) atoms. The van der Waals surface area contributed by atoms with E-state index in [0.717, 1.165) is 16.8 Å². The molecule has 1 amide bonds. The Kier molecular flexibility index (Phi) is 4.70. The van der Waals surface area contributed by atoms with Gasteiger partial charge in [-0.15, -0.1) is 0 Å². The first kappa shape index (κ1) is 13.7. The molecule has 1 rings (SSSR count). The highest BCUT2D eigenvalue weighted by molar-refractivity contribution is 5.95. The third-order valence-electron chi connectivity index (χ3n) is 2.71. The molecule has 1 aromatic carbocycles. The second-order valence-electron chi connectivity index (χ2n) is 5.04. The lowest BCUT2D eigenvalue weighted by atomic mass is 10.0. The van der Waals surface area contributed by atoms with Crippen molar-refractivity contribution in [3.8, 4) is 0 Å². The van der Waals surface area contributed by atoms with E-state index in [1.807, 2.05) is 32.0 Å². The number of aryl methyl sites for hydroxylation is 2. The average molecular weight is 234 g/mol. The van der Waals surface area contributed by atoms with E-state index < -0.39 is 6.04 Å². The van der Waals surface area contributed by atoms with Crippen LogP contribution in [0.5, 0.6) is 0 Å². The van der Waals surface area contributed by atoms with Crippen molar-refractivity contribution in [1.82, 2.24) is 0 Å². The molecule has 0 spiro atoms. The first-order valence-electron chi connectivity index (χ1n) is 6.04. The molecule has 0 aliphatic carbocycles. The monoisotopic (exact) mass is 234 g/mol. The quantitative estimate of drug-likeness (QED) is 0.841. The number of carbonyl (C=O) groups is 1. The van der Waals surface area contributed by atoms with E-state index in [2.05, 4.69) is 19.2 Å². The van der Waals surface area contributed by atoms with Gasteiger partial charge in [0.1, 0.15) is 0 Å². The summed E-state index contributed by atoms with van der Waals surface area (Å²) in [5.41, 5.74) is 8.88. The fourth-order valence-electron chi connectivity index (χ4n) is 1.71. The Balaban J connectivity index is 2.70.